The van der Waals surface area contributed by atoms with Gasteiger partial charge in [0.2, 0.25) is 0 Å². The Morgan fingerprint density at radius 1 is 1.06 bits per heavy atom. The predicted molar refractivity (Wildman–Crippen MR) is 112 cm³/mol. The number of aromatic nitrogens is 4. The molecule has 0 aliphatic carbocycles. The van der Waals surface area contributed by atoms with Crippen molar-refractivity contribution in [3.05, 3.63) is 92.6 Å². The Morgan fingerprint density at radius 2 is 1.79 bits per heavy atom. The van der Waals surface area contributed by atoms with E-state index in [-0.39, 0.29) is 36.5 Å². The van der Waals surface area contributed by atoms with Gasteiger partial charge in [0, 0.05) is 13.7 Å². The van der Waals surface area contributed by atoms with Crippen LogP contribution in [-0.4, -0.2) is 32.4 Å². The first-order chi connectivity index (χ1) is 15.7. The zero-order valence-corrected chi connectivity index (χ0v) is 17.3. The lowest BCUT2D eigenvalue weighted by Gasteiger charge is -2.13. The standard InChI is InChI=1S/C22H18F4N4O3/c1-33-10-9-29-20(31)18-19(30(21(29)32)17-4-2-3-16(23)11-17)27-13-28(18)12-14-5-7-15(8-6-14)22(24,25)26/h2-8,11,13H,9-10,12H2,1H3. The second kappa shape index (κ2) is 8.66. The van der Waals surface area contributed by atoms with E-state index in [2.05, 4.69) is 4.98 Å². The quantitative estimate of drug-likeness (QED) is 0.413. The van der Waals surface area contributed by atoms with Gasteiger partial charge in [0.05, 0.1) is 30.7 Å². The van der Waals surface area contributed by atoms with Crippen LogP contribution in [0.25, 0.3) is 16.9 Å². The van der Waals surface area contributed by atoms with Crippen molar-refractivity contribution < 1.29 is 22.3 Å². The van der Waals surface area contributed by atoms with Crippen molar-refractivity contribution >= 4 is 11.2 Å². The Balaban J connectivity index is 1.88. The molecule has 0 N–H and O–H groups in total. The van der Waals surface area contributed by atoms with Crippen LogP contribution in [0.4, 0.5) is 17.6 Å². The Bertz CT molecular complexity index is 1420. The largest absolute Gasteiger partial charge is 0.416 e. The molecule has 0 radical (unpaired) electrons. The van der Waals surface area contributed by atoms with E-state index in [1.807, 2.05) is 0 Å². The van der Waals surface area contributed by atoms with E-state index in [4.69, 9.17) is 4.74 Å². The summed E-state index contributed by atoms with van der Waals surface area (Å²) in [5.74, 6) is -0.577. The minimum atomic E-state index is -4.46. The van der Waals surface area contributed by atoms with Crippen molar-refractivity contribution in [2.75, 3.05) is 13.7 Å². The molecule has 0 atom stereocenters. The number of rotatable bonds is 6. The third-order valence-electron chi connectivity index (χ3n) is 5.12. The molecule has 2 aromatic carbocycles. The van der Waals surface area contributed by atoms with Gasteiger partial charge in [0.1, 0.15) is 5.82 Å². The van der Waals surface area contributed by atoms with Crippen LogP contribution in [0.15, 0.2) is 64.4 Å². The highest BCUT2D eigenvalue weighted by Crippen LogP contribution is 2.29. The van der Waals surface area contributed by atoms with Crippen molar-refractivity contribution in [2.24, 2.45) is 0 Å². The van der Waals surface area contributed by atoms with Gasteiger partial charge in [-0.05, 0) is 35.9 Å². The van der Waals surface area contributed by atoms with Gasteiger partial charge in [-0.15, -0.1) is 0 Å². The van der Waals surface area contributed by atoms with Crippen LogP contribution in [0.1, 0.15) is 11.1 Å². The highest BCUT2D eigenvalue weighted by atomic mass is 19.4. The van der Waals surface area contributed by atoms with Gasteiger partial charge in [0.25, 0.3) is 5.56 Å². The van der Waals surface area contributed by atoms with Crippen LogP contribution in [-0.2, 0) is 24.0 Å². The van der Waals surface area contributed by atoms with Crippen LogP contribution < -0.4 is 11.2 Å². The van der Waals surface area contributed by atoms with Crippen LogP contribution in [0.3, 0.4) is 0 Å². The summed E-state index contributed by atoms with van der Waals surface area (Å²) in [5, 5.41) is 0. The summed E-state index contributed by atoms with van der Waals surface area (Å²) in [6, 6.07) is 9.80. The lowest BCUT2D eigenvalue weighted by Crippen LogP contribution is -2.41. The van der Waals surface area contributed by atoms with E-state index < -0.39 is 28.8 Å². The molecule has 172 valence electrons. The lowest BCUT2D eigenvalue weighted by molar-refractivity contribution is -0.137. The van der Waals surface area contributed by atoms with E-state index in [0.717, 1.165) is 27.3 Å². The van der Waals surface area contributed by atoms with Crippen LogP contribution in [0.5, 0.6) is 0 Å². The summed E-state index contributed by atoms with van der Waals surface area (Å²) in [7, 11) is 1.42. The van der Waals surface area contributed by atoms with Gasteiger partial charge < -0.3 is 9.30 Å². The second-order valence-electron chi connectivity index (χ2n) is 7.29. The topological polar surface area (TPSA) is 71.1 Å². The number of halogens is 4. The van der Waals surface area contributed by atoms with Crippen molar-refractivity contribution in [3.63, 3.8) is 0 Å². The third-order valence-corrected chi connectivity index (χ3v) is 5.12. The van der Waals surface area contributed by atoms with Crippen LogP contribution >= 0.6 is 0 Å². The molecule has 0 amide bonds. The molecule has 0 saturated carbocycles. The number of imidazole rings is 1. The second-order valence-corrected chi connectivity index (χ2v) is 7.29. The Hall–Kier alpha value is -3.73. The van der Waals surface area contributed by atoms with Crippen LogP contribution in [0, 0.1) is 5.82 Å². The highest BCUT2D eigenvalue weighted by Gasteiger charge is 2.30. The number of alkyl halides is 3. The van der Waals surface area contributed by atoms with E-state index in [9.17, 15) is 27.2 Å². The first-order valence-corrected chi connectivity index (χ1v) is 9.82. The maximum Gasteiger partial charge on any atom is 0.416 e. The van der Waals surface area contributed by atoms with Gasteiger partial charge in [-0.2, -0.15) is 13.2 Å². The fourth-order valence-electron chi connectivity index (χ4n) is 3.52. The highest BCUT2D eigenvalue weighted by molar-refractivity contribution is 5.72. The maximum atomic E-state index is 13.9. The van der Waals surface area contributed by atoms with E-state index >= 15 is 0 Å². The number of ether oxygens (including phenoxy) is 1. The zero-order valence-electron chi connectivity index (χ0n) is 17.3. The first kappa shape index (κ1) is 22.5. The molecule has 7 nitrogen and oxygen atoms in total. The first-order valence-electron chi connectivity index (χ1n) is 9.82. The molecule has 4 aromatic rings. The third kappa shape index (κ3) is 4.31. The van der Waals surface area contributed by atoms with Gasteiger partial charge in [-0.3, -0.25) is 9.36 Å². The fraction of sp³-hybridized carbons (Fsp3) is 0.227. The monoisotopic (exact) mass is 462 g/mol. The summed E-state index contributed by atoms with van der Waals surface area (Å²) in [4.78, 5) is 30.5. The van der Waals surface area contributed by atoms with Crippen LogP contribution in [0.2, 0.25) is 0 Å². The van der Waals surface area contributed by atoms with Gasteiger partial charge in [-0.1, -0.05) is 18.2 Å². The molecular weight excluding hydrogens is 444 g/mol. The molecule has 2 heterocycles. The molecule has 0 saturated heterocycles. The average molecular weight is 462 g/mol. The molecular formula is C22H18F4N4O3. The summed E-state index contributed by atoms with van der Waals surface area (Å²) in [5.41, 5.74) is -1.40. The number of fused-ring (bicyclic) bond motifs is 1. The normalized spacial score (nSPS) is 11.9. The molecule has 0 fully saturated rings. The minimum Gasteiger partial charge on any atom is -0.383 e. The van der Waals surface area contributed by atoms with Crippen molar-refractivity contribution in [2.45, 2.75) is 19.3 Å². The van der Waals surface area contributed by atoms with Gasteiger partial charge in [0.15, 0.2) is 11.2 Å². The Morgan fingerprint density at radius 3 is 2.42 bits per heavy atom. The smallest absolute Gasteiger partial charge is 0.383 e. The van der Waals surface area contributed by atoms with Crippen molar-refractivity contribution in [1.82, 2.24) is 18.7 Å². The van der Waals surface area contributed by atoms with Crippen molar-refractivity contribution in [3.8, 4) is 5.69 Å². The fourth-order valence-corrected chi connectivity index (χ4v) is 3.52. The van der Waals surface area contributed by atoms with Gasteiger partial charge in [-0.25, -0.2) is 18.7 Å². The van der Waals surface area contributed by atoms with Gasteiger partial charge >= 0.3 is 11.9 Å². The molecule has 0 aliphatic heterocycles. The molecule has 0 bridgehead atoms. The zero-order chi connectivity index (χ0) is 23.8. The summed E-state index contributed by atoms with van der Waals surface area (Å²) in [6.07, 6.45) is -3.14. The number of methoxy groups -OCH3 is 1. The van der Waals surface area contributed by atoms with Crippen molar-refractivity contribution in [1.29, 1.82) is 0 Å². The summed E-state index contributed by atoms with van der Waals surface area (Å²) in [6.45, 7) is 0.0667. The SMILES string of the molecule is COCCn1c(=O)c2c(ncn2Cc2ccc(C(F)(F)F)cc2)n(-c2cccc(F)c2)c1=O. The number of hydrogen-bond acceptors (Lipinski definition) is 4. The maximum absolute atomic E-state index is 13.9. The summed E-state index contributed by atoms with van der Waals surface area (Å²) >= 11 is 0. The van der Waals surface area contributed by atoms with E-state index in [0.29, 0.717) is 5.56 Å². The molecule has 2 aromatic heterocycles. The Kier molecular flexibility index (Phi) is 5.90. The van der Waals surface area contributed by atoms with E-state index in [1.165, 1.54) is 48.3 Å². The minimum absolute atomic E-state index is 0.0104. The number of hydrogen-bond donors (Lipinski definition) is 0. The Labute approximate surface area is 184 Å². The lowest BCUT2D eigenvalue weighted by atomic mass is 10.1. The molecule has 11 heteroatoms. The van der Waals surface area contributed by atoms with E-state index in [1.54, 1.807) is 0 Å². The molecule has 33 heavy (non-hydrogen) atoms. The predicted octanol–water partition coefficient (Wildman–Crippen LogP) is 3.20. The number of nitrogens with zero attached hydrogens (tertiary/aromatic N) is 4. The molecule has 0 aliphatic rings. The molecule has 0 spiro atoms. The number of benzene rings is 2. The molecule has 4 rings (SSSR count). The molecule has 0 unspecified atom stereocenters. The summed E-state index contributed by atoms with van der Waals surface area (Å²) < 4.78 is 60.9. The average Bonchev–Trinajstić information content (AvgIpc) is 3.17.